The Hall–Kier alpha value is -0.940. The molecule has 16 heavy (non-hydrogen) atoms. The smallest absolute Gasteiger partial charge is 0.224 e. The number of nitrogens with zero attached hydrogens (tertiary/aromatic N) is 2. The fraction of sp³-hybridized carbons (Fsp3) is 0.600. The Labute approximate surface area is 98.9 Å². The van der Waals surface area contributed by atoms with E-state index < -0.39 is 5.82 Å². The van der Waals surface area contributed by atoms with Crippen molar-refractivity contribution in [2.75, 3.05) is 11.9 Å². The number of rotatable bonds is 3. The maximum Gasteiger partial charge on any atom is 0.224 e. The number of hydrogen-bond acceptors (Lipinski definition) is 4. The molecule has 2 N–H and O–H groups in total. The highest BCUT2D eigenvalue weighted by atomic mass is 35.5. The van der Waals surface area contributed by atoms with Crippen LogP contribution in [0.25, 0.3) is 0 Å². The molecular weight excluding hydrogens is 233 g/mol. The normalized spacial score (nSPS) is 13.6. The van der Waals surface area contributed by atoms with Gasteiger partial charge < -0.3 is 10.4 Å². The number of halogens is 2. The number of aliphatic hydroxyl groups excluding tert-OH is 1. The quantitative estimate of drug-likeness (QED) is 0.803. The number of aromatic nitrogens is 2. The van der Waals surface area contributed by atoms with Crippen molar-refractivity contribution >= 4 is 17.4 Å². The van der Waals surface area contributed by atoms with Gasteiger partial charge in [-0.15, -0.1) is 0 Å². The van der Waals surface area contributed by atoms with Crippen molar-refractivity contribution in [1.82, 2.24) is 9.97 Å². The summed E-state index contributed by atoms with van der Waals surface area (Å²) in [6.45, 7) is 5.68. The summed E-state index contributed by atoms with van der Waals surface area (Å²) in [5, 5.41) is 12.0. The van der Waals surface area contributed by atoms with Gasteiger partial charge in [0.25, 0.3) is 0 Å². The third kappa shape index (κ3) is 3.28. The molecule has 0 bridgehead atoms. The molecule has 0 fully saturated rings. The van der Waals surface area contributed by atoms with Gasteiger partial charge >= 0.3 is 0 Å². The third-order valence-electron chi connectivity index (χ3n) is 2.25. The number of anilines is 1. The molecule has 0 amide bonds. The minimum absolute atomic E-state index is 0.00831. The zero-order chi connectivity index (χ0) is 12.3. The molecule has 4 nitrogen and oxygen atoms in total. The summed E-state index contributed by atoms with van der Waals surface area (Å²) in [5.74, 6) is -0.582. The molecule has 0 aliphatic heterocycles. The van der Waals surface area contributed by atoms with Crippen LogP contribution in [0.15, 0.2) is 6.20 Å². The summed E-state index contributed by atoms with van der Waals surface area (Å²) in [7, 11) is 0. The van der Waals surface area contributed by atoms with Gasteiger partial charge in [0.2, 0.25) is 5.28 Å². The Morgan fingerprint density at radius 3 is 2.69 bits per heavy atom. The van der Waals surface area contributed by atoms with Crippen molar-refractivity contribution in [2.45, 2.75) is 26.8 Å². The standard InChI is InChI=1S/C10H15ClFN3O/c1-10(2,3)7(5-16)14-8-6(12)4-13-9(11)15-8/h4,7,16H,5H2,1-3H3,(H,13,14,15)/t7-/m1/s1. The van der Waals surface area contributed by atoms with Crippen LogP contribution in [0.3, 0.4) is 0 Å². The molecule has 0 radical (unpaired) electrons. The van der Waals surface area contributed by atoms with Gasteiger partial charge in [0, 0.05) is 0 Å². The topological polar surface area (TPSA) is 58.0 Å². The predicted octanol–water partition coefficient (Wildman–Crippen LogP) is 2.09. The Kier molecular flexibility index (Phi) is 4.04. The second-order valence-electron chi connectivity index (χ2n) is 4.58. The lowest BCUT2D eigenvalue weighted by atomic mass is 9.87. The lowest BCUT2D eigenvalue weighted by Gasteiger charge is -2.30. The number of nitrogens with one attached hydrogen (secondary N) is 1. The van der Waals surface area contributed by atoms with Crippen molar-refractivity contribution < 1.29 is 9.50 Å². The molecule has 0 unspecified atom stereocenters. The molecule has 1 aromatic rings. The molecular formula is C10H15ClFN3O. The molecule has 0 aromatic carbocycles. The van der Waals surface area contributed by atoms with Gasteiger partial charge in [-0.25, -0.2) is 9.37 Å². The highest BCUT2D eigenvalue weighted by Gasteiger charge is 2.25. The molecule has 0 saturated carbocycles. The largest absolute Gasteiger partial charge is 0.394 e. The second-order valence-corrected chi connectivity index (χ2v) is 4.92. The van der Waals surface area contributed by atoms with E-state index in [1.165, 1.54) is 0 Å². The lowest BCUT2D eigenvalue weighted by molar-refractivity contribution is 0.201. The zero-order valence-corrected chi connectivity index (χ0v) is 10.2. The molecule has 1 heterocycles. The van der Waals surface area contributed by atoms with Crippen molar-refractivity contribution in [1.29, 1.82) is 0 Å². The SMILES string of the molecule is CC(C)(C)[C@@H](CO)Nc1nc(Cl)ncc1F. The van der Waals surface area contributed by atoms with Crippen LogP contribution < -0.4 is 5.32 Å². The summed E-state index contributed by atoms with van der Waals surface area (Å²) in [4.78, 5) is 7.24. The third-order valence-corrected chi connectivity index (χ3v) is 2.44. The first kappa shape index (κ1) is 13.1. The van der Waals surface area contributed by atoms with Crippen LogP contribution in [0.1, 0.15) is 20.8 Å². The minimum Gasteiger partial charge on any atom is -0.394 e. The van der Waals surface area contributed by atoms with Gasteiger partial charge in [-0.2, -0.15) is 4.98 Å². The monoisotopic (exact) mass is 247 g/mol. The molecule has 1 rings (SSSR count). The summed E-state index contributed by atoms with van der Waals surface area (Å²) in [6.07, 6.45) is 0.995. The minimum atomic E-state index is -0.591. The fourth-order valence-electron chi connectivity index (χ4n) is 1.15. The fourth-order valence-corrected chi connectivity index (χ4v) is 1.28. The van der Waals surface area contributed by atoms with Gasteiger partial charge in [0.15, 0.2) is 11.6 Å². The number of aliphatic hydroxyl groups is 1. The average molecular weight is 248 g/mol. The highest BCUT2D eigenvalue weighted by molar-refractivity contribution is 6.28. The first-order valence-corrected chi connectivity index (χ1v) is 5.28. The van der Waals surface area contributed by atoms with E-state index in [-0.39, 0.29) is 29.2 Å². The number of hydrogen-bond donors (Lipinski definition) is 2. The summed E-state index contributed by atoms with van der Waals surface area (Å²) >= 11 is 5.57. The average Bonchev–Trinajstić information content (AvgIpc) is 2.17. The molecule has 90 valence electrons. The molecule has 6 heteroatoms. The Morgan fingerprint density at radius 1 is 1.56 bits per heavy atom. The van der Waals surface area contributed by atoms with Gasteiger partial charge in [-0.1, -0.05) is 20.8 Å². The van der Waals surface area contributed by atoms with Crippen molar-refractivity contribution in [3.05, 3.63) is 17.3 Å². The molecule has 0 aliphatic rings. The first-order valence-electron chi connectivity index (χ1n) is 4.90. The molecule has 1 aromatic heterocycles. The summed E-state index contributed by atoms with van der Waals surface area (Å²) < 4.78 is 13.3. The van der Waals surface area contributed by atoms with Gasteiger partial charge in [0.1, 0.15) is 0 Å². The van der Waals surface area contributed by atoms with Crippen molar-refractivity contribution in [3.63, 3.8) is 0 Å². The molecule has 0 saturated heterocycles. The van der Waals surface area contributed by atoms with E-state index in [9.17, 15) is 9.50 Å². The van der Waals surface area contributed by atoms with Gasteiger partial charge in [-0.05, 0) is 17.0 Å². The van der Waals surface area contributed by atoms with Gasteiger partial charge in [0.05, 0.1) is 18.8 Å². The highest BCUT2D eigenvalue weighted by Crippen LogP contribution is 2.23. The Bertz CT molecular complexity index is 368. The Balaban J connectivity index is 2.90. The van der Waals surface area contributed by atoms with Crippen molar-refractivity contribution in [2.24, 2.45) is 5.41 Å². The molecule has 0 aliphatic carbocycles. The van der Waals surface area contributed by atoms with E-state index in [2.05, 4.69) is 15.3 Å². The van der Waals surface area contributed by atoms with Crippen LogP contribution >= 0.6 is 11.6 Å². The van der Waals surface area contributed by atoms with E-state index in [0.717, 1.165) is 6.20 Å². The van der Waals surface area contributed by atoms with Crippen molar-refractivity contribution in [3.8, 4) is 0 Å². The van der Waals surface area contributed by atoms with E-state index in [4.69, 9.17) is 11.6 Å². The van der Waals surface area contributed by atoms with Crippen LogP contribution in [0.2, 0.25) is 5.28 Å². The van der Waals surface area contributed by atoms with Crippen LogP contribution in [-0.2, 0) is 0 Å². The molecule has 0 spiro atoms. The Morgan fingerprint density at radius 2 is 2.19 bits per heavy atom. The van der Waals surface area contributed by atoms with Gasteiger partial charge in [-0.3, -0.25) is 0 Å². The second kappa shape index (κ2) is 4.93. The predicted molar refractivity (Wildman–Crippen MR) is 61.0 cm³/mol. The lowest BCUT2D eigenvalue weighted by Crippen LogP contribution is -2.37. The van der Waals surface area contributed by atoms with E-state index in [1.807, 2.05) is 20.8 Å². The summed E-state index contributed by atoms with van der Waals surface area (Å²) in [5.41, 5.74) is -0.224. The van der Waals surface area contributed by atoms with Crippen LogP contribution in [-0.4, -0.2) is 27.7 Å². The van der Waals surface area contributed by atoms with E-state index >= 15 is 0 Å². The van der Waals surface area contributed by atoms with E-state index in [0.29, 0.717) is 0 Å². The van der Waals surface area contributed by atoms with Crippen LogP contribution in [0.4, 0.5) is 10.2 Å². The summed E-state index contributed by atoms with van der Waals surface area (Å²) in [6, 6.07) is -0.312. The zero-order valence-electron chi connectivity index (χ0n) is 9.46. The van der Waals surface area contributed by atoms with Crippen LogP contribution in [0.5, 0.6) is 0 Å². The molecule has 1 atom stereocenters. The maximum absolute atomic E-state index is 13.3. The maximum atomic E-state index is 13.3. The first-order chi connectivity index (χ1) is 7.34. The van der Waals surface area contributed by atoms with E-state index in [1.54, 1.807) is 0 Å². The van der Waals surface area contributed by atoms with Crippen LogP contribution in [0, 0.1) is 11.2 Å².